The summed E-state index contributed by atoms with van der Waals surface area (Å²) in [4.78, 5) is 10.3. The van der Waals surface area contributed by atoms with Gasteiger partial charge >= 0.3 is 0 Å². The lowest BCUT2D eigenvalue weighted by Gasteiger charge is -2.10. The highest BCUT2D eigenvalue weighted by Gasteiger charge is 2.35. The van der Waals surface area contributed by atoms with Crippen LogP contribution in [0.2, 0.25) is 0 Å². The van der Waals surface area contributed by atoms with Crippen molar-refractivity contribution in [1.29, 1.82) is 0 Å². The van der Waals surface area contributed by atoms with Crippen molar-refractivity contribution in [2.75, 3.05) is 0 Å². The summed E-state index contributed by atoms with van der Waals surface area (Å²) in [5.74, 6) is 1.95. The van der Waals surface area contributed by atoms with E-state index in [1.165, 1.54) is 18.5 Å². The Morgan fingerprint density at radius 1 is 0.974 bits per heavy atom. The monoisotopic (exact) mass is 515 g/mol. The number of hydrogen-bond donors (Lipinski definition) is 2. The standard InChI is InChI=1S/C31H29N7O/c1-37-29(20-12-13-20)28(34-31(37)23-14-21-15-32-35-30(21)33-27(23)19-10-11-19)22-8-5-9-25-24(22)16-38(36-25)17-26(39)18-6-3-2-4-7-18/h2-9,14-16,19-20,26,39H,10-13,17H2,1H3,(H,32,33,35)/t26-/m0/s1. The van der Waals surface area contributed by atoms with Gasteiger partial charge in [-0.2, -0.15) is 10.2 Å². The molecule has 8 nitrogen and oxygen atoms in total. The summed E-state index contributed by atoms with van der Waals surface area (Å²) in [6.07, 6.45) is 8.02. The molecule has 0 bridgehead atoms. The van der Waals surface area contributed by atoms with Crippen LogP contribution in [0.25, 0.3) is 44.6 Å². The zero-order valence-corrected chi connectivity index (χ0v) is 21.7. The molecule has 0 unspecified atom stereocenters. The predicted octanol–water partition coefficient (Wildman–Crippen LogP) is 5.86. The molecule has 4 heterocycles. The Balaban J connectivity index is 1.25. The molecule has 2 N–H and O–H groups in total. The first-order valence-corrected chi connectivity index (χ1v) is 13.7. The van der Waals surface area contributed by atoms with Gasteiger partial charge in [-0.3, -0.25) is 9.78 Å². The highest BCUT2D eigenvalue weighted by Crippen LogP contribution is 2.49. The summed E-state index contributed by atoms with van der Waals surface area (Å²) in [5, 5.41) is 25.0. The van der Waals surface area contributed by atoms with Crippen molar-refractivity contribution < 1.29 is 5.11 Å². The van der Waals surface area contributed by atoms with Gasteiger partial charge in [-0.15, -0.1) is 0 Å². The zero-order chi connectivity index (χ0) is 26.1. The van der Waals surface area contributed by atoms with Crippen LogP contribution in [0.5, 0.6) is 0 Å². The summed E-state index contributed by atoms with van der Waals surface area (Å²) >= 11 is 0. The van der Waals surface area contributed by atoms with Crippen molar-refractivity contribution in [3.63, 3.8) is 0 Å². The first-order chi connectivity index (χ1) is 19.1. The van der Waals surface area contributed by atoms with Gasteiger partial charge in [-0.1, -0.05) is 42.5 Å². The lowest BCUT2D eigenvalue weighted by Crippen LogP contribution is -2.08. The van der Waals surface area contributed by atoms with E-state index in [9.17, 15) is 5.11 Å². The third kappa shape index (κ3) is 3.86. The van der Waals surface area contributed by atoms with Crippen LogP contribution in [-0.2, 0) is 13.6 Å². The summed E-state index contributed by atoms with van der Waals surface area (Å²) in [7, 11) is 2.15. The average Bonchev–Trinajstić information content (AvgIpc) is 3.86. The number of aliphatic hydroxyl groups excluding tert-OH is 1. The number of pyridine rings is 1. The van der Waals surface area contributed by atoms with Crippen LogP contribution >= 0.6 is 0 Å². The third-order valence-electron chi connectivity index (χ3n) is 8.16. The molecular formula is C31H29N7O. The number of hydrogen-bond acceptors (Lipinski definition) is 5. The molecule has 194 valence electrons. The Morgan fingerprint density at radius 2 is 1.79 bits per heavy atom. The van der Waals surface area contributed by atoms with Gasteiger partial charge in [0, 0.05) is 58.9 Å². The van der Waals surface area contributed by atoms with E-state index in [0.717, 1.165) is 68.7 Å². The highest BCUT2D eigenvalue weighted by atomic mass is 16.3. The second-order valence-corrected chi connectivity index (χ2v) is 11.0. The molecule has 4 aromatic heterocycles. The number of imidazole rings is 1. The van der Waals surface area contributed by atoms with Gasteiger partial charge in [-0.25, -0.2) is 9.97 Å². The molecule has 6 aromatic rings. The van der Waals surface area contributed by atoms with Gasteiger partial charge < -0.3 is 9.67 Å². The topological polar surface area (TPSA) is 97.4 Å². The first-order valence-electron chi connectivity index (χ1n) is 13.7. The number of fused-ring (bicyclic) bond motifs is 2. The Kier molecular flexibility index (Phi) is 5.00. The Bertz CT molecular complexity index is 1840. The number of benzene rings is 2. The molecule has 39 heavy (non-hydrogen) atoms. The average molecular weight is 516 g/mol. The fourth-order valence-electron chi connectivity index (χ4n) is 5.86. The highest BCUT2D eigenvalue weighted by molar-refractivity contribution is 5.95. The van der Waals surface area contributed by atoms with E-state index in [1.54, 1.807) is 0 Å². The number of nitrogens with one attached hydrogen (secondary N) is 1. The normalized spacial score (nSPS) is 16.4. The number of aromatic amines is 1. The quantitative estimate of drug-likeness (QED) is 0.277. The number of rotatable bonds is 7. The van der Waals surface area contributed by atoms with Crippen LogP contribution in [0.4, 0.5) is 0 Å². The largest absolute Gasteiger partial charge is 0.386 e. The Hall–Kier alpha value is -4.30. The van der Waals surface area contributed by atoms with Gasteiger partial charge in [0.25, 0.3) is 0 Å². The van der Waals surface area contributed by atoms with Gasteiger partial charge in [0.15, 0.2) is 5.65 Å². The summed E-state index contributed by atoms with van der Waals surface area (Å²) < 4.78 is 4.15. The maximum absolute atomic E-state index is 10.8. The van der Waals surface area contributed by atoms with E-state index in [4.69, 9.17) is 15.1 Å². The molecule has 2 aliphatic rings. The van der Waals surface area contributed by atoms with Crippen LogP contribution in [0.3, 0.4) is 0 Å². The number of H-pyrrole nitrogens is 1. The smallest absolute Gasteiger partial charge is 0.181 e. The minimum absolute atomic E-state index is 0.391. The molecule has 0 radical (unpaired) electrons. The zero-order valence-electron chi connectivity index (χ0n) is 21.7. The number of aliphatic hydroxyl groups is 1. The lowest BCUT2D eigenvalue weighted by molar-refractivity contribution is 0.152. The van der Waals surface area contributed by atoms with E-state index in [0.29, 0.717) is 18.4 Å². The molecule has 0 saturated heterocycles. The van der Waals surface area contributed by atoms with Crippen molar-refractivity contribution in [3.05, 3.63) is 83.9 Å². The van der Waals surface area contributed by atoms with Crippen molar-refractivity contribution in [1.82, 2.24) is 34.5 Å². The van der Waals surface area contributed by atoms with E-state index < -0.39 is 6.10 Å². The molecule has 0 amide bonds. The van der Waals surface area contributed by atoms with Crippen molar-refractivity contribution in [2.45, 2.75) is 50.2 Å². The molecule has 1 atom stereocenters. The maximum atomic E-state index is 10.8. The van der Waals surface area contributed by atoms with Crippen LogP contribution in [0.15, 0.2) is 67.0 Å². The van der Waals surface area contributed by atoms with Crippen LogP contribution in [0.1, 0.15) is 60.6 Å². The van der Waals surface area contributed by atoms with Crippen molar-refractivity contribution >= 4 is 21.9 Å². The minimum Gasteiger partial charge on any atom is -0.386 e. The third-order valence-corrected chi connectivity index (χ3v) is 8.16. The van der Waals surface area contributed by atoms with Crippen LogP contribution in [-0.4, -0.2) is 39.6 Å². The molecule has 2 saturated carbocycles. The van der Waals surface area contributed by atoms with E-state index in [2.05, 4.69) is 46.2 Å². The van der Waals surface area contributed by atoms with E-state index in [-0.39, 0.29) is 0 Å². The van der Waals surface area contributed by atoms with Gasteiger partial charge in [-0.05, 0) is 43.4 Å². The number of nitrogens with zero attached hydrogens (tertiary/aromatic N) is 6. The summed E-state index contributed by atoms with van der Waals surface area (Å²) in [5.41, 5.74) is 8.17. The Labute approximate surface area is 225 Å². The SMILES string of the molecule is Cn1c(-c2cc3c[nH]nc3nc2C2CC2)nc(-c2cccc3nn(C[C@H](O)c4ccccc4)cc23)c1C1CC1. The molecule has 2 fully saturated rings. The minimum atomic E-state index is -0.626. The lowest BCUT2D eigenvalue weighted by atomic mass is 10.0. The molecule has 8 heteroatoms. The van der Waals surface area contributed by atoms with Gasteiger partial charge in [0.05, 0.1) is 29.6 Å². The second-order valence-electron chi connectivity index (χ2n) is 11.0. The van der Waals surface area contributed by atoms with Crippen LogP contribution in [0, 0.1) is 0 Å². The molecule has 2 aromatic carbocycles. The predicted molar refractivity (Wildman–Crippen MR) is 150 cm³/mol. The molecule has 8 rings (SSSR count). The second kappa shape index (κ2) is 8.61. The fraction of sp³-hybridized carbons (Fsp3) is 0.290. The molecule has 0 aliphatic heterocycles. The molecular weight excluding hydrogens is 486 g/mol. The van der Waals surface area contributed by atoms with E-state index in [1.807, 2.05) is 47.3 Å². The first kappa shape index (κ1) is 22.7. The molecule has 0 spiro atoms. The summed E-state index contributed by atoms with van der Waals surface area (Å²) in [6, 6.07) is 18.2. The fourth-order valence-corrected chi connectivity index (χ4v) is 5.86. The number of aromatic nitrogens is 7. The summed E-state index contributed by atoms with van der Waals surface area (Å²) in [6.45, 7) is 0.391. The van der Waals surface area contributed by atoms with Crippen molar-refractivity contribution in [2.24, 2.45) is 7.05 Å². The van der Waals surface area contributed by atoms with E-state index >= 15 is 0 Å². The molecule has 2 aliphatic carbocycles. The maximum Gasteiger partial charge on any atom is 0.181 e. The van der Waals surface area contributed by atoms with Crippen molar-refractivity contribution in [3.8, 4) is 22.6 Å². The Morgan fingerprint density at radius 3 is 2.59 bits per heavy atom. The van der Waals surface area contributed by atoms with Gasteiger partial charge in [0.2, 0.25) is 0 Å². The van der Waals surface area contributed by atoms with Crippen LogP contribution < -0.4 is 0 Å². The van der Waals surface area contributed by atoms with Gasteiger partial charge in [0.1, 0.15) is 5.82 Å².